The number of nitriles is 1. The number of aromatic amines is 1. The van der Waals surface area contributed by atoms with Gasteiger partial charge in [0, 0.05) is 5.02 Å². The van der Waals surface area contributed by atoms with Crippen molar-refractivity contribution in [2.75, 3.05) is 6.61 Å². The molecule has 2 N–H and O–H groups in total. The molecule has 0 atom stereocenters. The highest BCUT2D eigenvalue weighted by Crippen LogP contribution is 2.28. The summed E-state index contributed by atoms with van der Waals surface area (Å²) < 4.78 is 5.44. The van der Waals surface area contributed by atoms with Gasteiger partial charge in [0.05, 0.1) is 16.1 Å². The summed E-state index contributed by atoms with van der Waals surface area (Å²) in [6, 6.07) is 14.0. The number of aliphatic hydroxyl groups is 1. The second kappa shape index (κ2) is 6.83. The third-order valence-electron chi connectivity index (χ3n) is 3.28. The highest BCUT2D eigenvalue weighted by atomic mass is 35.5. The molecule has 0 saturated carbocycles. The summed E-state index contributed by atoms with van der Waals surface area (Å²) in [6.07, 6.45) is 0. The molecule has 0 aliphatic rings. The van der Waals surface area contributed by atoms with E-state index in [1.165, 1.54) is 6.07 Å². The van der Waals surface area contributed by atoms with Crippen LogP contribution in [0.1, 0.15) is 5.82 Å². The Hall–Kier alpha value is -2.68. The number of H-pyrrole nitrogens is 1. The zero-order valence-electron chi connectivity index (χ0n) is 12.3. The average molecular weight is 360 g/mol. The minimum atomic E-state index is -0.248. The Morgan fingerprint density at radius 2 is 2.04 bits per heavy atom. The van der Waals surface area contributed by atoms with Crippen LogP contribution in [0.2, 0.25) is 10.0 Å². The number of rotatable bonds is 4. The molecular weight excluding hydrogens is 349 g/mol. The van der Waals surface area contributed by atoms with Gasteiger partial charge in [-0.1, -0.05) is 35.3 Å². The maximum absolute atomic E-state index is 10.2. The number of allylic oxidation sites excluding steroid dienone is 1. The Morgan fingerprint density at radius 3 is 2.75 bits per heavy atom. The molecular formula is C17H11Cl2N3O2. The molecule has 0 aliphatic heterocycles. The minimum Gasteiger partial charge on any atom is -0.507 e. The monoisotopic (exact) mass is 359 g/mol. The molecule has 0 fully saturated rings. The predicted molar refractivity (Wildman–Crippen MR) is 93.2 cm³/mol. The molecule has 3 aromatic rings. The van der Waals surface area contributed by atoms with E-state index in [0.29, 0.717) is 21.3 Å². The van der Waals surface area contributed by atoms with Crippen molar-refractivity contribution >= 4 is 39.8 Å². The smallest absolute Gasteiger partial charge is 0.152 e. The summed E-state index contributed by atoms with van der Waals surface area (Å²) >= 11 is 11.8. The first-order chi connectivity index (χ1) is 11.6. The van der Waals surface area contributed by atoms with Crippen molar-refractivity contribution in [2.45, 2.75) is 0 Å². The van der Waals surface area contributed by atoms with Crippen LogP contribution in [-0.4, -0.2) is 21.7 Å². The van der Waals surface area contributed by atoms with E-state index >= 15 is 0 Å². The molecule has 1 heterocycles. The lowest BCUT2D eigenvalue weighted by atomic mass is 10.2. The number of nitrogens with zero attached hydrogens (tertiary/aromatic N) is 2. The molecule has 0 amide bonds. The fourth-order valence-electron chi connectivity index (χ4n) is 2.14. The normalized spacial score (nSPS) is 11.9. The molecule has 2 aromatic carbocycles. The topological polar surface area (TPSA) is 81.9 Å². The fourth-order valence-corrected chi connectivity index (χ4v) is 2.60. The van der Waals surface area contributed by atoms with Crippen LogP contribution < -0.4 is 4.74 Å². The van der Waals surface area contributed by atoms with Crippen molar-refractivity contribution < 1.29 is 9.84 Å². The van der Waals surface area contributed by atoms with Crippen LogP contribution in [0, 0.1) is 11.3 Å². The van der Waals surface area contributed by atoms with Gasteiger partial charge >= 0.3 is 0 Å². The van der Waals surface area contributed by atoms with E-state index in [-0.39, 0.29) is 23.8 Å². The molecule has 3 rings (SSSR count). The quantitative estimate of drug-likeness (QED) is 0.520. The van der Waals surface area contributed by atoms with E-state index in [9.17, 15) is 10.4 Å². The number of aromatic nitrogens is 2. The summed E-state index contributed by atoms with van der Waals surface area (Å²) in [6.45, 7) is -0.221. The van der Waals surface area contributed by atoms with Crippen molar-refractivity contribution in [1.82, 2.24) is 9.97 Å². The summed E-state index contributed by atoms with van der Waals surface area (Å²) in [7, 11) is 0. The van der Waals surface area contributed by atoms with Crippen molar-refractivity contribution in [2.24, 2.45) is 0 Å². The number of fused-ring (bicyclic) bond motifs is 1. The Labute approximate surface area is 147 Å². The number of aliphatic hydroxyl groups excluding tert-OH is 1. The number of ether oxygens (including phenoxy) is 1. The van der Waals surface area contributed by atoms with Gasteiger partial charge in [-0.3, -0.25) is 0 Å². The first-order valence-electron chi connectivity index (χ1n) is 6.93. The van der Waals surface area contributed by atoms with E-state index in [2.05, 4.69) is 9.97 Å². The SMILES string of the molecule is N#CC(=C(O)COc1ccc(Cl)cc1Cl)c1nc2ccccc2[nH]1. The molecule has 7 heteroatoms. The maximum atomic E-state index is 10.2. The van der Waals surface area contributed by atoms with Crippen molar-refractivity contribution in [3.05, 3.63) is 64.1 Å². The lowest BCUT2D eigenvalue weighted by Gasteiger charge is -2.08. The van der Waals surface area contributed by atoms with Gasteiger partial charge in [-0.25, -0.2) is 4.98 Å². The Bertz CT molecular complexity index is 940. The van der Waals surface area contributed by atoms with Crippen molar-refractivity contribution in [3.8, 4) is 11.8 Å². The Balaban J connectivity index is 1.86. The number of para-hydroxylation sites is 2. The highest BCUT2D eigenvalue weighted by Gasteiger charge is 2.14. The van der Waals surface area contributed by atoms with Gasteiger partial charge in [0.1, 0.15) is 24.0 Å². The molecule has 0 unspecified atom stereocenters. The molecule has 0 bridgehead atoms. The number of imidazole rings is 1. The summed E-state index contributed by atoms with van der Waals surface area (Å²) in [5, 5.41) is 20.3. The van der Waals surface area contributed by atoms with Crippen LogP contribution in [-0.2, 0) is 0 Å². The average Bonchev–Trinajstić information content (AvgIpc) is 2.98. The fraction of sp³-hybridized carbons (Fsp3) is 0.0588. The van der Waals surface area contributed by atoms with Gasteiger partial charge in [0.2, 0.25) is 0 Å². The van der Waals surface area contributed by atoms with E-state index in [4.69, 9.17) is 27.9 Å². The molecule has 5 nitrogen and oxygen atoms in total. The van der Waals surface area contributed by atoms with Crippen molar-refractivity contribution in [3.63, 3.8) is 0 Å². The Kier molecular flexibility index (Phi) is 4.61. The number of nitrogens with one attached hydrogen (secondary N) is 1. The molecule has 24 heavy (non-hydrogen) atoms. The maximum Gasteiger partial charge on any atom is 0.152 e. The first-order valence-corrected chi connectivity index (χ1v) is 7.69. The second-order valence-electron chi connectivity index (χ2n) is 4.90. The summed E-state index contributed by atoms with van der Waals surface area (Å²) in [5.74, 6) is 0.388. The molecule has 0 aliphatic carbocycles. The van der Waals surface area contributed by atoms with Crippen LogP contribution in [0.3, 0.4) is 0 Å². The minimum absolute atomic E-state index is 0.0104. The van der Waals surface area contributed by atoms with E-state index in [1.807, 2.05) is 30.3 Å². The first kappa shape index (κ1) is 16.2. The third-order valence-corrected chi connectivity index (χ3v) is 3.82. The largest absolute Gasteiger partial charge is 0.507 e. The van der Waals surface area contributed by atoms with Gasteiger partial charge in [-0.2, -0.15) is 5.26 Å². The molecule has 0 radical (unpaired) electrons. The molecule has 0 spiro atoms. The van der Waals surface area contributed by atoms with Gasteiger partial charge in [-0.05, 0) is 30.3 Å². The standard InChI is InChI=1S/C17H11Cl2N3O2/c18-10-5-6-16(12(19)7-10)24-9-15(23)11(8-20)17-21-13-3-1-2-4-14(13)22-17/h1-7,23H,9H2,(H,21,22). The van der Waals surface area contributed by atoms with E-state index < -0.39 is 0 Å². The van der Waals surface area contributed by atoms with Crippen LogP contribution in [0.15, 0.2) is 48.2 Å². The van der Waals surface area contributed by atoms with Gasteiger partial charge in [0.25, 0.3) is 0 Å². The van der Waals surface area contributed by atoms with Crippen LogP contribution in [0.5, 0.6) is 5.75 Å². The molecule has 120 valence electrons. The third kappa shape index (κ3) is 3.30. The zero-order chi connectivity index (χ0) is 17.1. The second-order valence-corrected chi connectivity index (χ2v) is 5.74. The lowest BCUT2D eigenvalue weighted by Crippen LogP contribution is -2.04. The van der Waals surface area contributed by atoms with E-state index in [0.717, 1.165) is 5.52 Å². The summed E-state index contributed by atoms with van der Waals surface area (Å²) in [5.41, 5.74) is 1.49. The van der Waals surface area contributed by atoms with Crippen LogP contribution in [0.25, 0.3) is 16.6 Å². The van der Waals surface area contributed by atoms with Gasteiger partial charge in [-0.15, -0.1) is 0 Å². The summed E-state index contributed by atoms with van der Waals surface area (Å²) in [4.78, 5) is 7.29. The number of hydrogen-bond donors (Lipinski definition) is 2. The van der Waals surface area contributed by atoms with Gasteiger partial charge in [0.15, 0.2) is 11.6 Å². The van der Waals surface area contributed by atoms with E-state index in [1.54, 1.807) is 12.1 Å². The van der Waals surface area contributed by atoms with Crippen LogP contribution >= 0.6 is 23.2 Å². The van der Waals surface area contributed by atoms with Gasteiger partial charge < -0.3 is 14.8 Å². The molecule has 1 aromatic heterocycles. The lowest BCUT2D eigenvalue weighted by molar-refractivity contribution is 0.272. The number of benzene rings is 2. The highest BCUT2D eigenvalue weighted by molar-refractivity contribution is 6.35. The molecule has 0 saturated heterocycles. The Morgan fingerprint density at radius 1 is 1.25 bits per heavy atom. The van der Waals surface area contributed by atoms with Crippen molar-refractivity contribution in [1.29, 1.82) is 5.26 Å². The number of halogens is 2. The number of hydrogen-bond acceptors (Lipinski definition) is 4. The predicted octanol–water partition coefficient (Wildman–Crippen LogP) is 4.74. The zero-order valence-corrected chi connectivity index (χ0v) is 13.8. The van der Waals surface area contributed by atoms with Crippen LogP contribution in [0.4, 0.5) is 0 Å².